The van der Waals surface area contributed by atoms with Gasteiger partial charge in [0.1, 0.15) is 12.3 Å². The molecule has 2 fully saturated rings. The van der Waals surface area contributed by atoms with Crippen LogP contribution < -0.4 is 10.6 Å². The first-order chi connectivity index (χ1) is 12.8. The minimum Gasteiger partial charge on any atom is -0.477 e. The zero-order chi connectivity index (χ0) is 19.9. The van der Waals surface area contributed by atoms with Crippen molar-refractivity contribution in [1.82, 2.24) is 15.5 Å². The number of thioether (sulfide) groups is 1. The molecule has 3 aliphatic heterocycles. The van der Waals surface area contributed by atoms with Crippen molar-refractivity contribution in [2.45, 2.75) is 43.7 Å². The van der Waals surface area contributed by atoms with Crippen LogP contribution in [0.3, 0.4) is 0 Å². The van der Waals surface area contributed by atoms with Crippen LogP contribution in [0.1, 0.15) is 20.3 Å². The lowest BCUT2D eigenvalue weighted by Gasteiger charge is -2.46. The highest BCUT2D eigenvalue weighted by Gasteiger charge is 2.60. The molecule has 2 saturated heterocycles. The standard InChI is InChI=1S/C17H25N3O6S/c1-7-13-12(8(2)22)16(24)20(13)14(17(25)26)15(7)27-10-3-9(18-5-10)4-19-11(23)6-21/h7-10,12-13,18,21-22H,3-6H2,1-2H3,(H,19,23)(H,25,26)/t7-,8-,9+,10+,12-,13-/m1/s1. The lowest BCUT2D eigenvalue weighted by Crippen LogP contribution is -2.63. The molecule has 2 amide bonds. The quantitative estimate of drug-likeness (QED) is 0.333. The number of nitrogens with one attached hydrogen (secondary N) is 2. The average molecular weight is 399 g/mol. The van der Waals surface area contributed by atoms with E-state index in [0.29, 0.717) is 18.0 Å². The number of carboxylic acids is 1. The van der Waals surface area contributed by atoms with E-state index in [-0.39, 0.29) is 34.9 Å². The van der Waals surface area contributed by atoms with Crippen LogP contribution in [-0.4, -0.2) is 81.1 Å². The second-order valence-corrected chi connectivity index (χ2v) is 8.66. The van der Waals surface area contributed by atoms with Crippen LogP contribution in [0.5, 0.6) is 0 Å². The fourth-order valence-electron chi connectivity index (χ4n) is 4.18. The van der Waals surface area contributed by atoms with E-state index in [2.05, 4.69) is 10.6 Å². The van der Waals surface area contributed by atoms with Crippen LogP contribution in [0.4, 0.5) is 0 Å². The summed E-state index contributed by atoms with van der Waals surface area (Å²) in [7, 11) is 0. The number of aliphatic carboxylic acids is 1. The lowest BCUT2D eigenvalue weighted by molar-refractivity contribution is -0.163. The number of carboxylic acid groups (broad SMARTS) is 1. The Morgan fingerprint density at radius 2 is 2.15 bits per heavy atom. The molecule has 0 aromatic rings. The van der Waals surface area contributed by atoms with Gasteiger partial charge in [-0.25, -0.2) is 4.79 Å². The molecule has 0 saturated carbocycles. The van der Waals surface area contributed by atoms with E-state index in [4.69, 9.17) is 5.11 Å². The second kappa shape index (κ2) is 7.78. The maximum Gasteiger partial charge on any atom is 0.353 e. The maximum absolute atomic E-state index is 12.3. The molecule has 10 heteroatoms. The number of carbonyl (C=O) groups is 3. The van der Waals surface area contributed by atoms with Crippen molar-refractivity contribution in [2.75, 3.05) is 19.7 Å². The number of fused-ring (bicyclic) bond motifs is 1. The van der Waals surface area contributed by atoms with Gasteiger partial charge in [-0.05, 0) is 13.3 Å². The molecule has 27 heavy (non-hydrogen) atoms. The molecule has 3 rings (SSSR count). The summed E-state index contributed by atoms with van der Waals surface area (Å²) in [4.78, 5) is 37.3. The number of nitrogens with zero attached hydrogens (tertiary/aromatic N) is 1. The molecule has 0 bridgehead atoms. The van der Waals surface area contributed by atoms with Crippen LogP contribution in [0.2, 0.25) is 0 Å². The minimum atomic E-state index is -1.12. The van der Waals surface area contributed by atoms with Gasteiger partial charge in [-0.1, -0.05) is 6.92 Å². The second-order valence-electron chi connectivity index (χ2n) is 7.31. The van der Waals surface area contributed by atoms with Crippen molar-refractivity contribution in [3.05, 3.63) is 10.6 Å². The molecule has 0 aromatic heterocycles. The highest BCUT2D eigenvalue weighted by molar-refractivity contribution is 8.03. The van der Waals surface area contributed by atoms with Gasteiger partial charge >= 0.3 is 5.97 Å². The van der Waals surface area contributed by atoms with E-state index < -0.39 is 30.5 Å². The predicted octanol–water partition coefficient (Wildman–Crippen LogP) is -1.29. The first-order valence-electron chi connectivity index (χ1n) is 9.02. The first-order valence-corrected chi connectivity index (χ1v) is 9.90. The molecule has 150 valence electrons. The van der Waals surface area contributed by atoms with E-state index >= 15 is 0 Å². The van der Waals surface area contributed by atoms with Crippen LogP contribution in [0.25, 0.3) is 0 Å². The third-order valence-electron chi connectivity index (χ3n) is 5.48. The summed E-state index contributed by atoms with van der Waals surface area (Å²) in [6.07, 6.45) is -0.0777. The Hall–Kier alpha value is -1.62. The Labute approximate surface area is 161 Å². The number of β-lactam (4-membered cyclic amide) rings is 1. The number of carbonyl (C=O) groups excluding carboxylic acids is 2. The number of aliphatic hydroxyl groups excluding tert-OH is 2. The number of aliphatic hydroxyl groups is 2. The Bertz CT molecular complexity index is 682. The van der Waals surface area contributed by atoms with Crippen LogP contribution in [0.15, 0.2) is 10.6 Å². The van der Waals surface area contributed by atoms with Crippen LogP contribution in [-0.2, 0) is 14.4 Å². The molecule has 3 heterocycles. The van der Waals surface area contributed by atoms with E-state index in [9.17, 15) is 24.6 Å². The molecule has 3 aliphatic rings. The fourth-order valence-corrected chi connectivity index (χ4v) is 5.70. The Morgan fingerprint density at radius 3 is 2.74 bits per heavy atom. The van der Waals surface area contributed by atoms with Crippen LogP contribution in [0, 0.1) is 11.8 Å². The summed E-state index contributed by atoms with van der Waals surface area (Å²) in [5.74, 6) is -2.59. The molecule has 0 unspecified atom stereocenters. The molecular weight excluding hydrogens is 374 g/mol. The largest absolute Gasteiger partial charge is 0.477 e. The molecule has 0 aromatic carbocycles. The van der Waals surface area contributed by atoms with Crippen molar-refractivity contribution in [1.29, 1.82) is 0 Å². The smallest absolute Gasteiger partial charge is 0.353 e. The Kier molecular flexibility index (Phi) is 5.80. The predicted molar refractivity (Wildman–Crippen MR) is 97.5 cm³/mol. The van der Waals surface area contributed by atoms with Gasteiger partial charge < -0.3 is 30.9 Å². The molecule has 5 N–H and O–H groups in total. The molecule has 6 atom stereocenters. The molecular formula is C17H25N3O6S. The molecule has 0 radical (unpaired) electrons. The number of rotatable bonds is 7. The normalized spacial score (nSPS) is 33.7. The monoisotopic (exact) mass is 399 g/mol. The van der Waals surface area contributed by atoms with Gasteiger partial charge in [0.15, 0.2) is 0 Å². The zero-order valence-corrected chi connectivity index (χ0v) is 16.0. The van der Waals surface area contributed by atoms with Crippen molar-refractivity contribution < 1.29 is 29.7 Å². The van der Waals surface area contributed by atoms with Gasteiger partial charge in [-0.2, -0.15) is 0 Å². The highest BCUT2D eigenvalue weighted by atomic mass is 32.2. The third-order valence-corrected chi connectivity index (χ3v) is 6.99. The van der Waals surface area contributed by atoms with Gasteiger partial charge in [-0.3, -0.25) is 9.59 Å². The summed E-state index contributed by atoms with van der Waals surface area (Å²) < 4.78 is 0. The summed E-state index contributed by atoms with van der Waals surface area (Å²) in [5, 5.41) is 34.3. The summed E-state index contributed by atoms with van der Waals surface area (Å²) in [6.45, 7) is 3.97. The Balaban J connectivity index is 1.68. The molecule has 0 aliphatic carbocycles. The van der Waals surface area contributed by atoms with E-state index in [1.807, 2.05) is 6.92 Å². The van der Waals surface area contributed by atoms with Gasteiger partial charge in [0, 0.05) is 35.2 Å². The zero-order valence-electron chi connectivity index (χ0n) is 15.2. The minimum absolute atomic E-state index is 0.0384. The number of amides is 2. The summed E-state index contributed by atoms with van der Waals surface area (Å²) in [5.41, 5.74) is 0.0384. The van der Waals surface area contributed by atoms with Gasteiger partial charge in [0.05, 0.1) is 18.1 Å². The molecule has 0 spiro atoms. The van der Waals surface area contributed by atoms with E-state index in [1.54, 1.807) is 6.92 Å². The van der Waals surface area contributed by atoms with E-state index in [1.165, 1.54) is 16.7 Å². The average Bonchev–Trinajstić information content (AvgIpc) is 3.14. The maximum atomic E-state index is 12.3. The summed E-state index contributed by atoms with van der Waals surface area (Å²) in [6, 6.07) is -0.257. The molecule has 9 nitrogen and oxygen atoms in total. The number of hydrogen-bond donors (Lipinski definition) is 5. The first kappa shape index (κ1) is 20.1. The van der Waals surface area contributed by atoms with Gasteiger partial charge in [-0.15, -0.1) is 11.8 Å². The lowest BCUT2D eigenvalue weighted by atomic mass is 9.79. The van der Waals surface area contributed by atoms with Crippen molar-refractivity contribution in [2.24, 2.45) is 11.8 Å². The van der Waals surface area contributed by atoms with Gasteiger partial charge in [0.25, 0.3) is 0 Å². The van der Waals surface area contributed by atoms with E-state index in [0.717, 1.165) is 6.42 Å². The SMILES string of the molecule is C[C@@H](O)[C@H]1C(=O)N2C(C(=O)O)=C(S[C@@H]3CN[C@H](CNC(=O)CO)C3)[C@H](C)[C@H]12. The van der Waals surface area contributed by atoms with Gasteiger partial charge in [0.2, 0.25) is 11.8 Å². The highest BCUT2D eigenvalue weighted by Crippen LogP contribution is 2.51. The Morgan fingerprint density at radius 1 is 1.44 bits per heavy atom. The third kappa shape index (κ3) is 3.58. The van der Waals surface area contributed by atoms with Crippen molar-refractivity contribution in [3.8, 4) is 0 Å². The summed E-state index contributed by atoms with van der Waals surface area (Å²) >= 11 is 1.47. The van der Waals surface area contributed by atoms with Crippen molar-refractivity contribution in [3.63, 3.8) is 0 Å². The van der Waals surface area contributed by atoms with Crippen LogP contribution >= 0.6 is 11.8 Å². The number of hydrogen-bond acceptors (Lipinski definition) is 7. The fraction of sp³-hybridized carbons (Fsp3) is 0.706. The van der Waals surface area contributed by atoms with Crippen molar-refractivity contribution >= 4 is 29.5 Å². The topological polar surface area (TPSA) is 139 Å².